The van der Waals surface area contributed by atoms with Gasteiger partial charge in [-0.3, -0.25) is 4.79 Å². The second kappa shape index (κ2) is 5.31. The third-order valence-corrected chi connectivity index (χ3v) is 3.39. The summed E-state index contributed by atoms with van der Waals surface area (Å²) in [6.07, 6.45) is 4.02. The first kappa shape index (κ1) is 12.2. The highest BCUT2D eigenvalue weighted by Crippen LogP contribution is 2.20. The van der Waals surface area contributed by atoms with Gasteiger partial charge in [-0.2, -0.15) is 0 Å². The number of amides is 1. The van der Waals surface area contributed by atoms with Crippen LogP contribution >= 0.6 is 0 Å². The van der Waals surface area contributed by atoms with Gasteiger partial charge in [-0.25, -0.2) is 0 Å². The molecule has 1 fully saturated rings. The number of allylic oxidation sites excluding steroid dienone is 1. The predicted octanol–water partition coefficient (Wildman–Crippen LogP) is 1.54. The van der Waals surface area contributed by atoms with Gasteiger partial charge in [0.1, 0.15) is 0 Å². The Morgan fingerprint density at radius 3 is 2.73 bits per heavy atom. The highest BCUT2D eigenvalue weighted by atomic mass is 16.2. The van der Waals surface area contributed by atoms with Crippen LogP contribution in [0.15, 0.2) is 11.6 Å². The predicted molar refractivity (Wildman–Crippen MR) is 62.4 cm³/mol. The topological polar surface area (TPSA) is 46.3 Å². The first-order valence-corrected chi connectivity index (χ1v) is 5.77. The molecule has 1 aliphatic rings. The van der Waals surface area contributed by atoms with Crippen molar-refractivity contribution in [3.8, 4) is 0 Å². The van der Waals surface area contributed by atoms with Gasteiger partial charge in [-0.15, -0.1) is 0 Å². The van der Waals surface area contributed by atoms with Crippen molar-refractivity contribution in [2.75, 3.05) is 13.1 Å². The number of likely N-dealkylation sites (tertiary alicyclic amines) is 1. The summed E-state index contributed by atoms with van der Waals surface area (Å²) in [5.41, 5.74) is 6.86. The average Bonchev–Trinajstić information content (AvgIpc) is 2.26. The molecule has 15 heavy (non-hydrogen) atoms. The zero-order chi connectivity index (χ0) is 11.4. The molecule has 86 valence electrons. The SMILES string of the molecule is C/C=C(\C)C(=O)N1CCC(CC)C(N)C1. The van der Waals surface area contributed by atoms with Crippen molar-refractivity contribution < 1.29 is 4.79 Å². The van der Waals surface area contributed by atoms with Crippen molar-refractivity contribution >= 4 is 5.91 Å². The normalized spacial score (nSPS) is 28.0. The molecule has 0 spiro atoms. The Labute approximate surface area is 92.3 Å². The molecule has 2 atom stereocenters. The molecule has 2 N–H and O–H groups in total. The van der Waals surface area contributed by atoms with Gasteiger partial charge in [0.25, 0.3) is 0 Å². The van der Waals surface area contributed by atoms with Crippen LogP contribution in [0, 0.1) is 5.92 Å². The fraction of sp³-hybridized carbons (Fsp3) is 0.750. The molecular formula is C12H22N2O. The molecule has 0 aromatic rings. The zero-order valence-electron chi connectivity index (χ0n) is 9.99. The molecule has 3 heteroatoms. The monoisotopic (exact) mass is 210 g/mol. The lowest BCUT2D eigenvalue weighted by molar-refractivity contribution is -0.128. The lowest BCUT2D eigenvalue weighted by atomic mass is 9.90. The molecule has 1 rings (SSSR count). The van der Waals surface area contributed by atoms with Gasteiger partial charge in [0, 0.05) is 24.7 Å². The molecule has 3 nitrogen and oxygen atoms in total. The van der Waals surface area contributed by atoms with E-state index in [1.807, 2.05) is 24.8 Å². The van der Waals surface area contributed by atoms with E-state index in [0.29, 0.717) is 12.5 Å². The van der Waals surface area contributed by atoms with E-state index in [-0.39, 0.29) is 11.9 Å². The van der Waals surface area contributed by atoms with Crippen molar-refractivity contribution in [3.05, 3.63) is 11.6 Å². The van der Waals surface area contributed by atoms with Crippen molar-refractivity contribution in [1.29, 1.82) is 0 Å². The van der Waals surface area contributed by atoms with Crippen molar-refractivity contribution in [2.24, 2.45) is 11.7 Å². The van der Waals surface area contributed by atoms with Gasteiger partial charge in [0.05, 0.1) is 0 Å². The lowest BCUT2D eigenvalue weighted by Crippen LogP contribution is -2.50. The van der Waals surface area contributed by atoms with E-state index < -0.39 is 0 Å². The summed E-state index contributed by atoms with van der Waals surface area (Å²) >= 11 is 0. The first-order valence-electron chi connectivity index (χ1n) is 5.77. The van der Waals surface area contributed by atoms with Crippen LogP contribution in [0.5, 0.6) is 0 Å². The number of carbonyl (C=O) groups is 1. The molecule has 0 aromatic carbocycles. The number of rotatable bonds is 2. The largest absolute Gasteiger partial charge is 0.337 e. The Hall–Kier alpha value is -0.830. The van der Waals surface area contributed by atoms with Crippen LogP contribution in [-0.2, 0) is 4.79 Å². The maximum atomic E-state index is 11.9. The molecular weight excluding hydrogens is 188 g/mol. The summed E-state index contributed by atoms with van der Waals surface area (Å²) in [6.45, 7) is 7.49. The fourth-order valence-electron chi connectivity index (χ4n) is 2.09. The summed E-state index contributed by atoms with van der Waals surface area (Å²) < 4.78 is 0. The molecule has 1 heterocycles. The standard InChI is InChI=1S/C12H22N2O/c1-4-9(3)12(15)14-7-6-10(5-2)11(13)8-14/h4,10-11H,5-8,13H2,1-3H3/b9-4+. The number of hydrogen-bond acceptors (Lipinski definition) is 2. The summed E-state index contributed by atoms with van der Waals surface area (Å²) in [4.78, 5) is 13.8. The molecule has 1 saturated heterocycles. The van der Waals surface area contributed by atoms with E-state index in [4.69, 9.17) is 5.73 Å². The van der Waals surface area contributed by atoms with Crippen LogP contribution < -0.4 is 5.73 Å². The molecule has 0 aliphatic carbocycles. The molecule has 2 unspecified atom stereocenters. The van der Waals surface area contributed by atoms with E-state index in [9.17, 15) is 4.79 Å². The summed E-state index contributed by atoms with van der Waals surface area (Å²) in [5.74, 6) is 0.725. The lowest BCUT2D eigenvalue weighted by Gasteiger charge is -2.36. The molecule has 1 aliphatic heterocycles. The van der Waals surface area contributed by atoms with Crippen LogP contribution in [-0.4, -0.2) is 29.9 Å². The number of piperidine rings is 1. The Morgan fingerprint density at radius 2 is 2.27 bits per heavy atom. The Kier molecular flexibility index (Phi) is 4.33. The molecule has 0 aromatic heterocycles. The summed E-state index contributed by atoms with van der Waals surface area (Å²) in [6, 6.07) is 0.150. The van der Waals surface area contributed by atoms with Crippen LogP contribution in [0.1, 0.15) is 33.6 Å². The zero-order valence-corrected chi connectivity index (χ0v) is 9.99. The molecule has 0 radical (unpaired) electrons. The summed E-state index contributed by atoms with van der Waals surface area (Å²) in [5, 5.41) is 0. The highest BCUT2D eigenvalue weighted by molar-refractivity contribution is 5.92. The first-order chi connectivity index (χ1) is 7.10. The third-order valence-electron chi connectivity index (χ3n) is 3.39. The van der Waals surface area contributed by atoms with Gasteiger partial charge >= 0.3 is 0 Å². The van der Waals surface area contributed by atoms with E-state index >= 15 is 0 Å². The van der Waals surface area contributed by atoms with Crippen LogP contribution in [0.3, 0.4) is 0 Å². The van der Waals surface area contributed by atoms with Gasteiger partial charge in [0.2, 0.25) is 5.91 Å². The van der Waals surface area contributed by atoms with E-state index in [1.165, 1.54) is 0 Å². The number of nitrogens with two attached hydrogens (primary N) is 1. The maximum Gasteiger partial charge on any atom is 0.249 e. The summed E-state index contributed by atoms with van der Waals surface area (Å²) in [7, 11) is 0. The van der Waals surface area contributed by atoms with E-state index in [2.05, 4.69) is 6.92 Å². The highest BCUT2D eigenvalue weighted by Gasteiger charge is 2.27. The van der Waals surface area contributed by atoms with Gasteiger partial charge in [-0.1, -0.05) is 19.4 Å². The third kappa shape index (κ3) is 2.81. The van der Waals surface area contributed by atoms with Gasteiger partial charge < -0.3 is 10.6 Å². The van der Waals surface area contributed by atoms with E-state index in [1.54, 1.807) is 0 Å². The number of hydrogen-bond donors (Lipinski definition) is 1. The molecule has 1 amide bonds. The minimum absolute atomic E-state index is 0.141. The second-order valence-corrected chi connectivity index (χ2v) is 4.34. The fourth-order valence-corrected chi connectivity index (χ4v) is 2.09. The van der Waals surface area contributed by atoms with Gasteiger partial charge in [0.15, 0.2) is 0 Å². The van der Waals surface area contributed by atoms with Crippen LogP contribution in [0.2, 0.25) is 0 Å². The van der Waals surface area contributed by atoms with Crippen molar-refractivity contribution in [3.63, 3.8) is 0 Å². The van der Waals surface area contributed by atoms with Crippen LogP contribution in [0.25, 0.3) is 0 Å². The number of carbonyl (C=O) groups excluding carboxylic acids is 1. The molecule has 0 saturated carbocycles. The maximum absolute atomic E-state index is 11.9. The van der Waals surface area contributed by atoms with Gasteiger partial charge in [-0.05, 0) is 26.2 Å². The Morgan fingerprint density at radius 1 is 1.60 bits per heavy atom. The Bertz CT molecular complexity index is 260. The quantitative estimate of drug-likeness (QED) is 0.703. The minimum atomic E-state index is 0.141. The average molecular weight is 210 g/mol. The molecule has 0 bridgehead atoms. The van der Waals surface area contributed by atoms with E-state index in [0.717, 1.165) is 25.0 Å². The number of nitrogens with zero attached hydrogens (tertiary/aromatic N) is 1. The van der Waals surface area contributed by atoms with Crippen molar-refractivity contribution in [1.82, 2.24) is 4.90 Å². The second-order valence-electron chi connectivity index (χ2n) is 4.34. The van der Waals surface area contributed by atoms with Crippen molar-refractivity contribution in [2.45, 2.75) is 39.7 Å². The smallest absolute Gasteiger partial charge is 0.249 e. The Balaban J connectivity index is 2.58. The minimum Gasteiger partial charge on any atom is -0.337 e. The van der Waals surface area contributed by atoms with Crippen LogP contribution in [0.4, 0.5) is 0 Å².